The van der Waals surface area contributed by atoms with Gasteiger partial charge in [-0.2, -0.15) is 0 Å². The van der Waals surface area contributed by atoms with Gasteiger partial charge in [0.05, 0.1) is 7.11 Å². The van der Waals surface area contributed by atoms with Crippen molar-refractivity contribution in [1.29, 1.82) is 0 Å². The lowest BCUT2D eigenvalue weighted by Gasteiger charge is -2.21. The van der Waals surface area contributed by atoms with Crippen LogP contribution in [0.3, 0.4) is 0 Å². The molecule has 0 aromatic heterocycles. The van der Waals surface area contributed by atoms with E-state index in [4.69, 9.17) is 18.9 Å². The van der Waals surface area contributed by atoms with Crippen molar-refractivity contribution in [1.82, 2.24) is 4.90 Å². The van der Waals surface area contributed by atoms with Crippen LogP contribution in [0.1, 0.15) is 15.9 Å². The number of likely N-dealkylation sites (N-methyl/N-ethyl adjacent to an activating group) is 1. The van der Waals surface area contributed by atoms with Crippen LogP contribution in [-0.2, 0) is 16.1 Å². The molecule has 3 rings (SSSR count). The van der Waals surface area contributed by atoms with Crippen LogP contribution in [0.4, 0.5) is 0 Å². The Morgan fingerprint density at radius 2 is 1.89 bits per heavy atom. The highest BCUT2D eigenvalue weighted by Crippen LogP contribution is 2.31. The Labute approximate surface area is 162 Å². The second-order valence-corrected chi connectivity index (χ2v) is 6.16. The van der Waals surface area contributed by atoms with Crippen LogP contribution in [0.25, 0.3) is 0 Å². The molecule has 0 bridgehead atoms. The van der Waals surface area contributed by atoms with Crippen LogP contribution in [0.5, 0.6) is 23.0 Å². The van der Waals surface area contributed by atoms with E-state index < -0.39 is 12.6 Å². The summed E-state index contributed by atoms with van der Waals surface area (Å²) in [5, 5.41) is 9.98. The molecular weight excluding hydrogens is 366 g/mol. The summed E-state index contributed by atoms with van der Waals surface area (Å²) in [6.07, 6.45) is 0. The normalized spacial score (nSPS) is 12.2. The van der Waals surface area contributed by atoms with Crippen LogP contribution in [-0.4, -0.2) is 55.9 Å². The van der Waals surface area contributed by atoms with Crippen molar-refractivity contribution in [3.63, 3.8) is 0 Å². The molecule has 1 aliphatic rings. The van der Waals surface area contributed by atoms with Gasteiger partial charge in [-0.3, -0.25) is 4.79 Å². The van der Waals surface area contributed by atoms with E-state index in [0.717, 1.165) is 5.56 Å². The van der Waals surface area contributed by atoms with Crippen LogP contribution >= 0.6 is 0 Å². The number of methoxy groups -OCH3 is 1. The number of nitrogens with zero attached hydrogens (tertiary/aromatic N) is 1. The van der Waals surface area contributed by atoms with Crippen molar-refractivity contribution in [2.75, 3.05) is 34.0 Å². The third-order valence-corrected chi connectivity index (χ3v) is 4.22. The quantitative estimate of drug-likeness (QED) is 0.758. The first-order valence-electron chi connectivity index (χ1n) is 8.65. The first-order valence-corrected chi connectivity index (χ1v) is 8.65. The fourth-order valence-corrected chi connectivity index (χ4v) is 2.72. The minimum absolute atomic E-state index is 0.0679. The number of phenols is 1. The molecule has 0 unspecified atom stereocenters. The number of benzene rings is 2. The number of rotatable bonds is 6. The summed E-state index contributed by atoms with van der Waals surface area (Å²) < 4.78 is 21.0. The van der Waals surface area contributed by atoms with E-state index >= 15 is 0 Å². The van der Waals surface area contributed by atoms with E-state index in [1.807, 2.05) is 12.1 Å². The monoisotopic (exact) mass is 387 g/mol. The van der Waals surface area contributed by atoms with Crippen molar-refractivity contribution in [3.05, 3.63) is 47.5 Å². The molecule has 0 saturated heterocycles. The number of phenolic OH excluding ortho intramolecular Hbond substituents is 1. The number of carbonyl (C=O) groups excluding carboxylic acids is 2. The lowest BCUT2D eigenvalue weighted by Crippen LogP contribution is -2.31. The molecule has 1 amide bonds. The molecule has 1 N–H and O–H groups in total. The molecule has 28 heavy (non-hydrogen) atoms. The summed E-state index contributed by atoms with van der Waals surface area (Å²) in [5.41, 5.74) is 0.790. The zero-order valence-electron chi connectivity index (χ0n) is 15.6. The van der Waals surface area contributed by atoms with Crippen LogP contribution in [0.15, 0.2) is 36.4 Å². The Bertz CT molecular complexity index is 881. The van der Waals surface area contributed by atoms with Crippen molar-refractivity contribution in [2.45, 2.75) is 6.54 Å². The maximum atomic E-state index is 12.3. The maximum absolute atomic E-state index is 12.3. The Morgan fingerprint density at radius 1 is 1.14 bits per heavy atom. The molecule has 8 heteroatoms. The third kappa shape index (κ3) is 4.28. The molecule has 2 aromatic rings. The van der Waals surface area contributed by atoms with E-state index in [2.05, 4.69) is 0 Å². The van der Waals surface area contributed by atoms with Crippen molar-refractivity contribution >= 4 is 11.9 Å². The fraction of sp³-hybridized carbons (Fsp3) is 0.300. The smallest absolute Gasteiger partial charge is 0.342 e. The van der Waals surface area contributed by atoms with Crippen LogP contribution in [0.2, 0.25) is 0 Å². The fourth-order valence-electron chi connectivity index (χ4n) is 2.72. The average Bonchev–Trinajstić information content (AvgIpc) is 2.71. The van der Waals surface area contributed by atoms with E-state index in [1.54, 1.807) is 19.2 Å². The first kappa shape index (κ1) is 19.3. The molecule has 0 aliphatic carbocycles. The molecule has 0 atom stereocenters. The lowest BCUT2D eigenvalue weighted by atomic mass is 10.2. The van der Waals surface area contributed by atoms with Crippen molar-refractivity contribution in [2.24, 2.45) is 0 Å². The van der Waals surface area contributed by atoms with Crippen LogP contribution in [0, 0.1) is 0 Å². The predicted octanol–water partition coefficient (Wildman–Crippen LogP) is 1.99. The standard InChI is InChI=1S/C20H21NO7/c1-21(11-13-6-7-15-17(10-13)27-9-8-26-15)18(22)12-28-20(24)14-4-3-5-16(25-2)19(14)23/h3-7,10,23H,8-9,11-12H2,1-2H3. The summed E-state index contributed by atoms with van der Waals surface area (Å²) in [6.45, 7) is 0.866. The highest BCUT2D eigenvalue weighted by molar-refractivity contribution is 5.94. The molecule has 0 fully saturated rings. The summed E-state index contributed by atoms with van der Waals surface area (Å²) in [7, 11) is 2.98. The predicted molar refractivity (Wildman–Crippen MR) is 98.8 cm³/mol. The van der Waals surface area contributed by atoms with Gasteiger partial charge in [0.2, 0.25) is 0 Å². The zero-order chi connectivity index (χ0) is 20.1. The second-order valence-electron chi connectivity index (χ2n) is 6.16. The minimum Gasteiger partial charge on any atom is -0.504 e. The number of carbonyl (C=O) groups is 2. The van der Waals surface area contributed by atoms with E-state index in [0.29, 0.717) is 31.3 Å². The Balaban J connectivity index is 1.56. The largest absolute Gasteiger partial charge is 0.504 e. The molecule has 0 radical (unpaired) electrons. The van der Waals surface area contributed by atoms with E-state index in [1.165, 1.54) is 24.1 Å². The van der Waals surface area contributed by atoms with Gasteiger partial charge in [0, 0.05) is 13.6 Å². The number of hydrogen-bond donors (Lipinski definition) is 1. The molecule has 1 aliphatic heterocycles. The van der Waals surface area contributed by atoms with Crippen molar-refractivity contribution < 1.29 is 33.6 Å². The number of ether oxygens (including phenoxy) is 4. The van der Waals surface area contributed by atoms with E-state index in [9.17, 15) is 14.7 Å². The van der Waals surface area contributed by atoms with Gasteiger partial charge in [0.15, 0.2) is 29.6 Å². The minimum atomic E-state index is -0.808. The zero-order valence-corrected chi connectivity index (χ0v) is 15.6. The summed E-state index contributed by atoms with van der Waals surface area (Å²) >= 11 is 0. The van der Waals surface area contributed by atoms with Gasteiger partial charge in [-0.25, -0.2) is 4.79 Å². The Kier molecular flexibility index (Phi) is 5.88. The first-order chi connectivity index (χ1) is 13.5. The van der Waals surface area contributed by atoms with Gasteiger partial charge in [-0.05, 0) is 29.8 Å². The molecule has 148 valence electrons. The maximum Gasteiger partial charge on any atom is 0.342 e. The molecule has 0 spiro atoms. The number of hydrogen-bond acceptors (Lipinski definition) is 7. The Morgan fingerprint density at radius 3 is 2.64 bits per heavy atom. The number of esters is 1. The number of para-hydroxylation sites is 1. The van der Waals surface area contributed by atoms with Gasteiger partial charge < -0.3 is 29.0 Å². The number of aromatic hydroxyl groups is 1. The summed E-state index contributed by atoms with van der Waals surface area (Å²) in [4.78, 5) is 25.9. The molecule has 8 nitrogen and oxygen atoms in total. The molecule has 2 aromatic carbocycles. The molecule has 0 saturated carbocycles. The molecular formula is C20H21NO7. The van der Waals surface area contributed by atoms with Crippen molar-refractivity contribution in [3.8, 4) is 23.0 Å². The average molecular weight is 387 g/mol. The number of amides is 1. The highest BCUT2D eigenvalue weighted by Gasteiger charge is 2.19. The van der Waals surface area contributed by atoms with Gasteiger partial charge in [-0.15, -0.1) is 0 Å². The summed E-state index contributed by atoms with van der Waals surface area (Å²) in [6, 6.07) is 9.91. The Hall–Kier alpha value is -3.42. The number of fused-ring (bicyclic) bond motifs is 1. The third-order valence-electron chi connectivity index (χ3n) is 4.22. The van der Waals surface area contributed by atoms with Gasteiger partial charge >= 0.3 is 5.97 Å². The SMILES string of the molecule is COc1cccc(C(=O)OCC(=O)N(C)Cc2ccc3c(c2)OCCO3)c1O. The van der Waals surface area contributed by atoms with Gasteiger partial charge in [0.25, 0.3) is 5.91 Å². The second kappa shape index (κ2) is 8.51. The summed E-state index contributed by atoms with van der Waals surface area (Å²) in [5.74, 6) is -0.0489. The van der Waals surface area contributed by atoms with Crippen LogP contribution < -0.4 is 14.2 Å². The highest BCUT2D eigenvalue weighted by atomic mass is 16.6. The topological polar surface area (TPSA) is 94.5 Å². The van der Waals surface area contributed by atoms with Gasteiger partial charge in [-0.1, -0.05) is 12.1 Å². The van der Waals surface area contributed by atoms with E-state index in [-0.39, 0.29) is 23.0 Å². The molecule has 1 heterocycles. The lowest BCUT2D eigenvalue weighted by molar-refractivity contribution is -0.133. The van der Waals surface area contributed by atoms with Gasteiger partial charge in [0.1, 0.15) is 18.8 Å².